The van der Waals surface area contributed by atoms with E-state index in [0.29, 0.717) is 23.1 Å². The Morgan fingerprint density at radius 3 is 2.77 bits per heavy atom. The number of thiophene rings is 1. The number of hydrogen-bond acceptors (Lipinski definition) is 6. The van der Waals surface area contributed by atoms with Gasteiger partial charge in [-0.15, -0.1) is 21.5 Å². The lowest BCUT2D eigenvalue weighted by Gasteiger charge is -2.03. The molecule has 1 aromatic carbocycles. The van der Waals surface area contributed by atoms with Crippen LogP contribution < -0.4 is 10.1 Å². The maximum Gasteiger partial charge on any atom is 0.257 e. The highest BCUT2D eigenvalue weighted by atomic mass is 32.1. The van der Waals surface area contributed by atoms with Gasteiger partial charge in [0, 0.05) is 5.56 Å². The second kappa shape index (κ2) is 6.40. The van der Waals surface area contributed by atoms with E-state index in [0.717, 1.165) is 4.88 Å². The first-order valence-corrected chi connectivity index (χ1v) is 7.43. The first kappa shape index (κ1) is 14.3. The number of nitrogens with one attached hydrogen (secondary N) is 1. The molecule has 1 amide bonds. The van der Waals surface area contributed by atoms with Crippen LogP contribution >= 0.6 is 11.3 Å². The molecular weight excluding hydrogens is 302 g/mol. The third-order valence-corrected chi connectivity index (χ3v) is 3.81. The zero-order chi connectivity index (χ0) is 15.4. The number of ether oxygens (including phenoxy) is 1. The number of amides is 1. The quantitative estimate of drug-likeness (QED) is 0.783. The zero-order valence-corrected chi connectivity index (χ0v) is 12.6. The van der Waals surface area contributed by atoms with Gasteiger partial charge in [-0.05, 0) is 35.7 Å². The van der Waals surface area contributed by atoms with Crippen LogP contribution in [0, 0.1) is 0 Å². The molecule has 0 spiro atoms. The summed E-state index contributed by atoms with van der Waals surface area (Å²) in [5.74, 6) is 1.32. The van der Waals surface area contributed by atoms with Crippen molar-refractivity contribution >= 4 is 17.2 Å². The maximum atomic E-state index is 12.0. The number of methoxy groups -OCH3 is 1. The number of nitrogens with zero attached hydrogens (tertiary/aromatic N) is 2. The summed E-state index contributed by atoms with van der Waals surface area (Å²) in [4.78, 5) is 12.9. The van der Waals surface area contributed by atoms with E-state index in [1.165, 1.54) is 11.3 Å². The highest BCUT2D eigenvalue weighted by Crippen LogP contribution is 2.22. The van der Waals surface area contributed by atoms with Crippen LogP contribution in [0.25, 0.3) is 10.8 Å². The molecule has 0 saturated carbocycles. The summed E-state index contributed by atoms with van der Waals surface area (Å²) in [6.45, 7) is 0.184. The fourth-order valence-electron chi connectivity index (χ4n) is 1.83. The Labute approximate surface area is 130 Å². The number of hydrogen-bond donors (Lipinski definition) is 1. The van der Waals surface area contributed by atoms with E-state index >= 15 is 0 Å². The topological polar surface area (TPSA) is 77.2 Å². The van der Waals surface area contributed by atoms with Crippen LogP contribution in [0.15, 0.2) is 46.2 Å². The predicted molar refractivity (Wildman–Crippen MR) is 81.8 cm³/mol. The van der Waals surface area contributed by atoms with Crippen molar-refractivity contribution in [2.75, 3.05) is 7.11 Å². The predicted octanol–water partition coefficient (Wildman–Crippen LogP) is 2.74. The largest absolute Gasteiger partial charge is 0.497 e. The lowest BCUT2D eigenvalue weighted by molar-refractivity contribution is 0.0947. The molecule has 22 heavy (non-hydrogen) atoms. The molecule has 3 aromatic rings. The molecule has 7 heteroatoms. The molecular formula is C15H13N3O3S. The van der Waals surface area contributed by atoms with Gasteiger partial charge in [-0.3, -0.25) is 4.79 Å². The molecule has 112 valence electrons. The molecule has 2 heterocycles. The molecule has 6 nitrogen and oxygen atoms in total. The summed E-state index contributed by atoms with van der Waals surface area (Å²) in [7, 11) is 1.58. The maximum absolute atomic E-state index is 12.0. The summed E-state index contributed by atoms with van der Waals surface area (Å²) in [6.07, 6.45) is 0. The second-order valence-electron chi connectivity index (χ2n) is 4.39. The molecule has 0 unspecified atom stereocenters. The van der Waals surface area contributed by atoms with Crippen LogP contribution in [0.4, 0.5) is 0 Å². The molecule has 2 aromatic heterocycles. The van der Waals surface area contributed by atoms with E-state index in [9.17, 15) is 4.79 Å². The molecule has 0 radical (unpaired) electrons. The monoisotopic (exact) mass is 315 g/mol. The van der Waals surface area contributed by atoms with Gasteiger partial charge in [-0.1, -0.05) is 6.07 Å². The standard InChI is InChI=1S/C15H13N3O3S/c1-20-11-6-4-10(5-7-11)14(19)16-9-13-17-18-15(21-13)12-3-2-8-22-12/h2-8H,9H2,1H3,(H,16,19). The normalized spacial score (nSPS) is 10.4. The second-order valence-corrected chi connectivity index (χ2v) is 5.34. The van der Waals surface area contributed by atoms with Gasteiger partial charge in [0.15, 0.2) is 0 Å². The van der Waals surface area contributed by atoms with Crippen molar-refractivity contribution in [3.63, 3.8) is 0 Å². The van der Waals surface area contributed by atoms with Gasteiger partial charge >= 0.3 is 0 Å². The van der Waals surface area contributed by atoms with Crippen molar-refractivity contribution in [1.29, 1.82) is 0 Å². The highest BCUT2D eigenvalue weighted by Gasteiger charge is 2.11. The SMILES string of the molecule is COc1ccc(C(=O)NCc2nnc(-c3cccs3)o2)cc1. The Morgan fingerprint density at radius 1 is 1.27 bits per heavy atom. The smallest absolute Gasteiger partial charge is 0.257 e. The summed E-state index contributed by atoms with van der Waals surface area (Å²) in [5.41, 5.74) is 0.541. The number of benzene rings is 1. The Kier molecular flexibility index (Phi) is 4.15. The summed E-state index contributed by atoms with van der Waals surface area (Å²) < 4.78 is 10.6. The van der Waals surface area contributed by atoms with E-state index in [1.807, 2.05) is 17.5 Å². The number of rotatable bonds is 5. The highest BCUT2D eigenvalue weighted by molar-refractivity contribution is 7.13. The minimum Gasteiger partial charge on any atom is -0.497 e. The number of carbonyl (C=O) groups is 1. The van der Waals surface area contributed by atoms with E-state index in [4.69, 9.17) is 9.15 Å². The molecule has 1 N–H and O–H groups in total. The lowest BCUT2D eigenvalue weighted by Crippen LogP contribution is -2.22. The van der Waals surface area contributed by atoms with Gasteiger partial charge in [0.1, 0.15) is 5.75 Å². The van der Waals surface area contributed by atoms with Crippen LogP contribution in [0.1, 0.15) is 16.2 Å². The van der Waals surface area contributed by atoms with Crippen LogP contribution in [0.3, 0.4) is 0 Å². The molecule has 0 saturated heterocycles. The fourth-order valence-corrected chi connectivity index (χ4v) is 2.47. The van der Waals surface area contributed by atoms with Crippen molar-refractivity contribution in [2.24, 2.45) is 0 Å². The van der Waals surface area contributed by atoms with Crippen molar-refractivity contribution in [3.8, 4) is 16.5 Å². The molecule has 3 rings (SSSR count). The molecule has 0 aliphatic carbocycles. The summed E-state index contributed by atoms with van der Waals surface area (Å²) in [6, 6.07) is 10.7. The van der Waals surface area contributed by atoms with Crippen molar-refractivity contribution in [2.45, 2.75) is 6.54 Å². The summed E-state index contributed by atoms with van der Waals surface area (Å²) in [5, 5.41) is 12.6. The van der Waals surface area contributed by atoms with Crippen molar-refractivity contribution in [3.05, 3.63) is 53.2 Å². The van der Waals surface area contributed by atoms with E-state index < -0.39 is 0 Å². The van der Waals surface area contributed by atoms with Crippen molar-refractivity contribution < 1.29 is 13.9 Å². The molecule has 0 bridgehead atoms. The van der Waals surface area contributed by atoms with Crippen LogP contribution in [-0.2, 0) is 6.54 Å². The van der Waals surface area contributed by atoms with Crippen LogP contribution in [-0.4, -0.2) is 23.2 Å². The summed E-state index contributed by atoms with van der Waals surface area (Å²) >= 11 is 1.52. The Morgan fingerprint density at radius 2 is 2.09 bits per heavy atom. The Hall–Kier alpha value is -2.67. The number of carbonyl (C=O) groups excluding carboxylic acids is 1. The van der Waals surface area contributed by atoms with Crippen molar-refractivity contribution in [1.82, 2.24) is 15.5 Å². The Bertz CT molecular complexity index is 751. The molecule has 0 aliphatic heterocycles. The van der Waals surface area contributed by atoms with E-state index in [-0.39, 0.29) is 12.5 Å². The average molecular weight is 315 g/mol. The fraction of sp³-hybridized carbons (Fsp3) is 0.133. The average Bonchev–Trinajstić information content (AvgIpc) is 3.23. The Balaban J connectivity index is 1.61. The first-order chi connectivity index (χ1) is 10.8. The van der Waals surface area contributed by atoms with Gasteiger partial charge in [0.05, 0.1) is 18.5 Å². The number of aromatic nitrogens is 2. The lowest BCUT2D eigenvalue weighted by atomic mass is 10.2. The van der Waals surface area contributed by atoms with Gasteiger partial charge in [-0.2, -0.15) is 0 Å². The zero-order valence-electron chi connectivity index (χ0n) is 11.8. The van der Waals surface area contributed by atoms with Crippen LogP contribution in [0.5, 0.6) is 5.75 Å². The molecule has 0 aliphatic rings. The molecule has 0 atom stereocenters. The minimum atomic E-state index is -0.210. The van der Waals surface area contributed by atoms with Gasteiger partial charge in [-0.25, -0.2) is 0 Å². The van der Waals surface area contributed by atoms with E-state index in [1.54, 1.807) is 31.4 Å². The van der Waals surface area contributed by atoms with Gasteiger partial charge in [0.2, 0.25) is 5.89 Å². The van der Waals surface area contributed by atoms with Crippen LogP contribution in [0.2, 0.25) is 0 Å². The van der Waals surface area contributed by atoms with E-state index in [2.05, 4.69) is 15.5 Å². The van der Waals surface area contributed by atoms with Gasteiger partial charge in [0.25, 0.3) is 11.8 Å². The first-order valence-electron chi connectivity index (χ1n) is 6.55. The third-order valence-electron chi connectivity index (χ3n) is 2.95. The third kappa shape index (κ3) is 3.15. The minimum absolute atomic E-state index is 0.184. The molecule has 0 fully saturated rings. The van der Waals surface area contributed by atoms with Gasteiger partial charge < -0.3 is 14.5 Å².